The highest BCUT2D eigenvalue weighted by atomic mass is 35.5. The lowest BCUT2D eigenvalue weighted by Gasteiger charge is -2.14. The minimum atomic E-state index is -0.314. The molecule has 0 aliphatic heterocycles. The molecule has 0 amide bonds. The van der Waals surface area contributed by atoms with Gasteiger partial charge in [0.2, 0.25) is 0 Å². The zero-order chi connectivity index (χ0) is 10.6. The number of alkyl halides is 1. The molecule has 0 radical (unpaired) electrons. The van der Waals surface area contributed by atoms with Gasteiger partial charge in [0.15, 0.2) is 0 Å². The van der Waals surface area contributed by atoms with E-state index in [-0.39, 0.29) is 11.9 Å². The van der Waals surface area contributed by atoms with E-state index in [4.69, 9.17) is 22.1 Å². The molecule has 78 valence electrons. The van der Waals surface area contributed by atoms with Gasteiger partial charge in [-0.05, 0) is 24.6 Å². The van der Waals surface area contributed by atoms with E-state index in [0.29, 0.717) is 23.6 Å². The first kappa shape index (κ1) is 11.3. The van der Waals surface area contributed by atoms with Crippen molar-refractivity contribution < 1.29 is 9.13 Å². The van der Waals surface area contributed by atoms with Crippen LogP contribution < -0.4 is 10.5 Å². The van der Waals surface area contributed by atoms with Crippen LogP contribution in [-0.4, -0.2) is 13.0 Å². The van der Waals surface area contributed by atoms with E-state index in [1.807, 2.05) is 0 Å². The van der Waals surface area contributed by atoms with Crippen LogP contribution >= 0.6 is 11.6 Å². The maximum atomic E-state index is 12.9. The second-order valence-electron chi connectivity index (χ2n) is 2.97. The normalized spacial score (nSPS) is 12.6. The summed E-state index contributed by atoms with van der Waals surface area (Å²) in [7, 11) is 1.53. The van der Waals surface area contributed by atoms with Gasteiger partial charge in [-0.25, -0.2) is 4.39 Å². The summed E-state index contributed by atoms with van der Waals surface area (Å²) in [6, 6.07) is 4.02. The van der Waals surface area contributed by atoms with Gasteiger partial charge in [0.05, 0.1) is 7.11 Å². The molecule has 0 saturated carbocycles. The summed E-state index contributed by atoms with van der Waals surface area (Å²) < 4.78 is 18.0. The minimum Gasteiger partial charge on any atom is -0.496 e. The number of ether oxygens (including phenoxy) is 1. The molecular formula is C10H13ClFNO. The first-order chi connectivity index (χ1) is 6.69. The van der Waals surface area contributed by atoms with Crippen LogP contribution in [0.3, 0.4) is 0 Å². The summed E-state index contributed by atoms with van der Waals surface area (Å²) in [5.74, 6) is 0.732. The Balaban J connectivity index is 2.97. The molecule has 1 atom stereocenters. The van der Waals surface area contributed by atoms with Crippen LogP contribution in [0, 0.1) is 5.82 Å². The Hall–Kier alpha value is -0.800. The van der Waals surface area contributed by atoms with Crippen LogP contribution in [0.1, 0.15) is 18.0 Å². The molecule has 2 N–H and O–H groups in total. The SMILES string of the molecule is COc1ccc(F)cc1C(N)CCCl. The van der Waals surface area contributed by atoms with E-state index in [0.717, 1.165) is 0 Å². The summed E-state index contributed by atoms with van der Waals surface area (Å²) in [6.45, 7) is 0. The Labute approximate surface area is 87.8 Å². The molecule has 0 bridgehead atoms. The van der Waals surface area contributed by atoms with Crippen LogP contribution in [0.25, 0.3) is 0 Å². The van der Waals surface area contributed by atoms with Gasteiger partial charge in [0, 0.05) is 17.5 Å². The average Bonchev–Trinajstić information content (AvgIpc) is 2.18. The maximum Gasteiger partial charge on any atom is 0.123 e. The van der Waals surface area contributed by atoms with Crippen molar-refractivity contribution in [2.45, 2.75) is 12.5 Å². The van der Waals surface area contributed by atoms with E-state index in [1.54, 1.807) is 6.07 Å². The number of benzene rings is 1. The molecule has 14 heavy (non-hydrogen) atoms. The van der Waals surface area contributed by atoms with E-state index in [2.05, 4.69) is 0 Å². The van der Waals surface area contributed by atoms with Crippen molar-refractivity contribution in [3.05, 3.63) is 29.6 Å². The Kier molecular flexibility index (Phi) is 4.17. The number of nitrogens with two attached hydrogens (primary N) is 1. The molecule has 0 spiro atoms. The highest BCUT2D eigenvalue weighted by Gasteiger charge is 2.12. The molecule has 0 aliphatic carbocycles. The van der Waals surface area contributed by atoms with Crippen molar-refractivity contribution >= 4 is 11.6 Å². The highest BCUT2D eigenvalue weighted by Crippen LogP contribution is 2.26. The lowest BCUT2D eigenvalue weighted by Crippen LogP contribution is -2.12. The summed E-state index contributed by atoms with van der Waals surface area (Å²) in [6.07, 6.45) is 0.599. The van der Waals surface area contributed by atoms with E-state index >= 15 is 0 Å². The Morgan fingerprint density at radius 3 is 2.86 bits per heavy atom. The molecule has 1 aromatic rings. The predicted octanol–water partition coefficient (Wildman–Crippen LogP) is 2.46. The number of hydrogen-bond acceptors (Lipinski definition) is 2. The largest absolute Gasteiger partial charge is 0.496 e. The standard InChI is InChI=1S/C10H13ClFNO/c1-14-10-3-2-7(12)6-8(10)9(13)4-5-11/h2-3,6,9H,4-5,13H2,1H3. The Morgan fingerprint density at radius 1 is 1.57 bits per heavy atom. The van der Waals surface area contributed by atoms with Crippen LogP contribution in [-0.2, 0) is 0 Å². The molecular weight excluding hydrogens is 205 g/mol. The topological polar surface area (TPSA) is 35.2 Å². The molecule has 0 fully saturated rings. The predicted molar refractivity (Wildman–Crippen MR) is 55.2 cm³/mol. The third-order valence-electron chi connectivity index (χ3n) is 2.01. The molecule has 0 heterocycles. The number of rotatable bonds is 4. The van der Waals surface area contributed by atoms with Crippen LogP contribution in [0.15, 0.2) is 18.2 Å². The fourth-order valence-corrected chi connectivity index (χ4v) is 1.50. The third kappa shape index (κ3) is 2.59. The second-order valence-corrected chi connectivity index (χ2v) is 3.35. The molecule has 1 aromatic carbocycles. The molecule has 1 unspecified atom stereocenters. The lowest BCUT2D eigenvalue weighted by atomic mass is 10.0. The summed E-state index contributed by atoms with van der Waals surface area (Å²) >= 11 is 5.57. The van der Waals surface area contributed by atoms with Gasteiger partial charge in [-0.2, -0.15) is 0 Å². The minimum absolute atomic E-state index is 0.279. The van der Waals surface area contributed by atoms with Gasteiger partial charge in [-0.3, -0.25) is 0 Å². The van der Waals surface area contributed by atoms with Gasteiger partial charge in [-0.1, -0.05) is 0 Å². The second kappa shape index (κ2) is 5.17. The fourth-order valence-electron chi connectivity index (χ4n) is 1.27. The molecule has 0 saturated heterocycles. The zero-order valence-electron chi connectivity index (χ0n) is 7.97. The zero-order valence-corrected chi connectivity index (χ0v) is 8.72. The molecule has 4 heteroatoms. The molecule has 2 nitrogen and oxygen atoms in total. The van der Waals surface area contributed by atoms with Crippen LogP contribution in [0.5, 0.6) is 5.75 Å². The monoisotopic (exact) mass is 217 g/mol. The van der Waals surface area contributed by atoms with Crippen molar-refractivity contribution in [3.8, 4) is 5.75 Å². The third-order valence-corrected chi connectivity index (χ3v) is 2.23. The number of methoxy groups -OCH3 is 1. The van der Waals surface area contributed by atoms with E-state index < -0.39 is 0 Å². The van der Waals surface area contributed by atoms with Gasteiger partial charge >= 0.3 is 0 Å². The summed E-state index contributed by atoms with van der Waals surface area (Å²) in [4.78, 5) is 0. The van der Waals surface area contributed by atoms with Gasteiger partial charge < -0.3 is 10.5 Å². The first-order valence-corrected chi connectivity index (χ1v) is 4.87. The Morgan fingerprint density at radius 2 is 2.29 bits per heavy atom. The lowest BCUT2D eigenvalue weighted by molar-refractivity contribution is 0.403. The van der Waals surface area contributed by atoms with Crippen molar-refractivity contribution in [1.29, 1.82) is 0 Å². The summed E-state index contributed by atoms with van der Waals surface area (Å²) in [5, 5.41) is 0. The molecule has 0 aliphatic rings. The van der Waals surface area contributed by atoms with Crippen molar-refractivity contribution in [2.75, 3.05) is 13.0 Å². The van der Waals surface area contributed by atoms with Gasteiger partial charge in [0.25, 0.3) is 0 Å². The first-order valence-electron chi connectivity index (χ1n) is 4.34. The molecule has 0 aromatic heterocycles. The van der Waals surface area contributed by atoms with Crippen molar-refractivity contribution in [1.82, 2.24) is 0 Å². The van der Waals surface area contributed by atoms with E-state index in [9.17, 15) is 4.39 Å². The number of hydrogen-bond donors (Lipinski definition) is 1. The highest BCUT2D eigenvalue weighted by molar-refractivity contribution is 6.17. The van der Waals surface area contributed by atoms with Gasteiger partial charge in [-0.15, -0.1) is 11.6 Å². The quantitative estimate of drug-likeness (QED) is 0.787. The Bertz CT molecular complexity index is 306. The van der Waals surface area contributed by atoms with E-state index in [1.165, 1.54) is 19.2 Å². The van der Waals surface area contributed by atoms with Crippen molar-refractivity contribution in [2.24, 2.45) is 5.73 Å². The number of halogens is 2. The van der Waals surface area contributed by atoms with Crippen molar-refractivity contribution in [3.63, 3.8) is 0 Å². The van der Waals surface area contributed by atoms with Gasteiger partial charge in [0.1, 0.15) is 11.6 Å². The fraction of sp³-hybridized carbons (Fsp3) is 0.400. The maximum absolute atomic E-state index is 12.9. The summed E-state index contributed by atoms with van der Waals surface area (Å²) in [5.41, 5.74) is 6.48. The smallest absolute Gasteiger partial charge is 0.123 e. The van der Waals surface area contributed by atoms with Crippen LogP contribution in [0.4, 0.5) is 4.39 Å². The average molecular weight is 218 g/mol. The van der Waals surface area contributed by atoms with Crippen LogP contribution in [0.2, 0.25) is 0 Å². The molecule has 1 rings (SSSR count).